The van der Waals surface area contributed by atoms with E-state index < -0.39 is 6.10 Å². The highest BCUT2D eigenvalue weighted by atomic mass is 16.6. The van der Waals surface area contributed by atoms with Crippen LogP contribution in [-0.2, 0) is 28.6 Å². The van der Waals surface area contributed by atoms with Gasteiger partial charge < -0.3 is 14.2 Å². The Kier molecular flexibility index (Phi) is 55.9. The third kappa shape index (κ3) is 57.1. The average Bonchev–Trinajstić information content (AvgIpc) is 3.37. The fraction of sp³-hybridized carbons (Fsp3) is 0.708. The second kappa shape index (κ2) is 58.9. The zero-order valence-corrected chi connectivity index (χ0v) is 46.5. The highest BCUT2D eigenvalue weighted by molar-refractivity contribution is 5.71. The Morgan fingerprint density at radius 3 is 0.859 bits per heavy atom. The van der Waals surface area contributed by atoms with Crippen molar-refractivity contribution in [2.75, 3.05) is 13.2 Å². The molecular formula is C65H110O6. The van der Waals surface area contributed by atoms with Gasteiger partial charge in [-0.3, -0.25) is 14.4 Å². The molecule has 0 radical (unpaired) electrons. The molecule has 0 bridgehead atoms. The molecule has 0 saturated heterocycles. The molecule has 1 unspecified atom stereocenters. The summed E-state index contributed by atoms with van der Waals surface area (Å²) in [5.41, 5.74) is 0. The third-order valence-electron chi connectivity index (χ3n) is 12.6. The number of esters is 3. The quantitative estimate of drug-likeness (QED) is 0.0261. The number of allylic oxidation sites excluding steroid dienone is 16. The lowest BCUT2D eigenvalue weighted by atomic mass is 10.0. The van der Waals surface area contributed by atoms with Crippen LogP contribution in [0, 0.1) is 0 Å². The van der Waals surface area contributed by atoms with Crippen LogP contribution in [0.2, 0.25) is 0 Å². The van der Waals surface area contributed by atoms with Crippen molar-refractivity contribution in [3.8, 4) is 0 Å². The fourth-order valence-corrected chi connectivity index (χ4v) is 8.12. The van der Waals surface area contributed by atoms with E-state index in [1.54, 1.807) is 0 Å². The molecular weight excluding hydrogens is 877 g/mol. The largest absolute Gasteiger partial charge is 0.462 e. The molecule has 0 heterocycles. The first-order chi connectivity index (χ1) is 35.0. The Morgan fingerprint density at radius 1 is 0.296 bits per heavy atom. The van der Waals surface area contributed by atoms with Gasteiger partial charge in [0.15, 0.2) is 6.10 Å². The van der Waals surface area contributed by atoms with E-state index in [1.165, 1.54) is 116 Å². The molecule has 0 N–H and O–H groups in total. The van der Waals surface area contributed by atoms with Crippen LogP contribution in [0.25, 0.3) is 0 Å². The van der Waals surface area contributed by atoms with Gasteiger partial charge in [0.2, 0.25) is 0 Å². The molecule has 71 heavy (non-hydrogen) atoms. The maximum atomic E-state index is 12.8. The molecule has 406 valence electrons. The second-order valence-corrected chi connectivity index (χ2v) is 19.5. The van der Waals surface area contributed by atoms with Crippen molar-refractivity contribution in [3.05, 3.63) is 97.2 Å². The SMILES string of the molecule is CC/C=C\C/C=C\C/C=C\C/C=C\C/C=C\CCCCCCCCCCCCCC(=O)OCC(COC(=O)CCCCCCC)OC(=O)CCCCCCCC/C=C\C/C=C\C/C=C\CCCCCCC. The van der Waals surface area contributed by atoms with Crippen LogP contribution in [-0.4, -0.2) is 37.2 Å². The maximum absolute atomic E-state index is 12.8. The number of carbonyl (C=O) groups is 3. The van der Waals surface area contributed by atoms with Gasteiger partial charge in [-0.1, -0.05) is 253 Å². The van der Waals surface area contributed by atoms with Gasteiger partial charge in [0.05, 0.1) is 0 Å². The van der Waals surface area contributed by atoms with Crippen molar-refractivity contribution >= 4 is 17.9 Å². The molecule has 0 aliphatic heterocycles. The maximum Gasteiger partial charge on any atom is 0.306 e. The van der Waals surface area contributed by atoms with E-state index >= 15 is 0 Å². The predicted molar refractivity (Wildman–Crippen MR) is 307 cm³/mol. The summed E-state index contributed by atoms with van der Waals surface area (Å²) in [5.74, 6) is -0.910. The number of rotatable bonds is 53. The summed E-state index contributed by atoms with van der Waals surface area (Å²) in [7, 11) is 0. The van der Waals surface area contributed by atoms with Crippen molar-refractivity contribution < 1.29 is 28.6 Å². The molecule has 0 fully saturated rings. The molecule has 6 heteroatoms. The first-order valence-corrected chi connectivity index (χ1v) is 29.7. The topological polar surface area (TPSA) is 78.9 Å². The minimum atomic E-state index is -0.783. The van der Waals surface area contributed by atoms with Crippen molar-refractivity contribution in [1.82, 2.24) is 0 Å². The van der Waals surface area contributed by atoms with Crippen LogP contribution in [0.3, 0.4) is 0 Å². The van der Waals surface area contributed by atoms with E-state index in [4.69, 9.17) is 14.2 Å². The minimum Gasteiger partial charge on any atom is -0.462 e. The molecule has 0 spiro atoms. The zero-order valence-electron chi connectivity index (χ0n) is 46.5. The molecule has 6 nitrogen and oxygen atoms in total. The smallest absolute Gasteiger partial charge is 0.306 e. The van der Waals surface area contributed by atoms with Crippen molar-refractivity contribution in [1.29, 1.82) is 0 Å². The Morgan fingerprint density at radius 2 is 0.549 bits per heavy atom. The normalized spacial score (nSPS) is 12.8. The lowest BCUT2D eigenvalue weighted by Crippen LogP contribution is -2.30. The van der Waals surface area contributed by atoms with E-state index in [0.29, 0.717) is 19.3 Å². The predicted octanol–water partition coefficient (Wildman–Crippen LogP) is 20.1. The molecule has 0 amide bonds. The summed E-state index contributed by atoms with van der Waals surface area (Å²) >= 11 is 0. The zero-order chi connectivity index (χ0) is 51.4. The molecule has 0 aromatic heterocycles. The summed E-state index contributed by atoms with van der Waals surface area (Å²) in [6, 6.07) is 0. The molecule has 0 rings (SSSR count). The van der Waals surface area contributed by atoms with Crippen LogP contribution in [0.4, 0.5) is 0 Å². The van der Waals surface area contributed by atoms with Gasteiger partial charge in [0.25, 0.3) is 0 Å². The van der Waals surface area contributed by atoms with Crippen molar-refractivity contribution in [2.45, 2.75) is 284 Å². The van der Waals surface area contributed by atoms with E-state index in [-0.39, 0.29) is 31.1 Å². The Balaban J connectivity index is 4.11. The summed E-state index contributed by atoms with van der Waals surface area (Å²) < 4.78 is 16.7. The molecule has 0 aromatic rings. The molecule has 1 atom stereocenters. The molecule has 0 aliphatic rings. The number of ether oxygens (including phenoxy) is 3. The second-order valence-electron chi connectivity index (χ2n) is 19.5. The Hall–Kier alpha value is -3.67. The molecule has 0 aliphatic carbocycles. The van der Waals surface area contributed by atoms with E-state index in [9.17, 15) is 14.4 Å². The van der Waals surface area contributed by atoms with Gasteiger partial charge in [-0.25, -0.2) is 0 Å². The lowest BCUT2D eigenvalue weighted by molar-refractivity contribution is -0.167. The van der Waals surface area contributed by atoms with E-state index in [1.807, 2.05) is 0 Å². The summed E-state index contributed by atoms with van der Waals surface area (Å²) in [6.45, 7) is 6.43. The average molecular weight is 988 g/mol. The van der Waals surface area contributed by atoms with E-state index in [0.717, 1.165) is 122 Å². The summed E-state index contributed by atoms with van der Waals surface area (Å²) in [4.78, 5) is 37.8. The minimum absolute atomic E-state index is 0.0840. The number of carbonyl (C=O) groups excluding carboxylic acids is 3. The standard InChI is InChI=1S/C65H110O6/c1-4-7-10-13-15-17-19-21-23-25-27-29-30-31-32-33-34-36-37-39-41-43-45-47-49-52-55-58-64(67)70-61-62(60-69-63(66)57-54-51-12-9-6-3)71-65(68)59-56-53-50-48-46-44-42-40-38-35-28-26-24-22-20-18-16-14-11-8-5-2/h7,10,15,17,20-23,26-29,31-32,38,40,62H,4-6,8-9,11-14,16,18-19,24-25,30,33-37,39,41-61H2,1-3H3/b10-7-,17-15-,22-20-,23-21-,28-26-,29-27-,32-31-,40-38-. The van der Waals surface area contributed by atoms with Crippen LogP contribution in [0.1, 0.15) is 278 Å². The molecule has 0 aromatic carbocycles. The third-order valence-corrected chi connectivity index (χ3v) is 12.6. The van der Waals surface area contributed by atoms with Crippen LogP contribution >= 0.6 is 0 Å². The number of unbranched alkanes of at least 4 members (excludes halogenated alkanes) is 26. The van der Waals surface area contributed by atoms with Crippen LogP contribution in [0.5, 0.6) is 0 Å². The van der Waals surface area contributed by atoms with Crippen molar-refractivity contribution in [2.24, 2.45) is 0 Å². The van der Waals surface area contributed by atoms with E-state index in [2.05, 4.69) is 118 Å². The van der Waals surface area contributed by atoms with Crippen molar-refractivity contribution in [3.63, 3.8) is 0 Å². The molecule has 0 saturated carbocycles. The van der Waals surface area contributed by atoms with Crippen LogP contribution in [0.15, 0.2) is 97.2 Å². The first kappa shape index (κ1) is 67.3. The monoisotopic (exact) mass is 987 g/mol. The van der Waals surface area contributed by atoms with Crippen LogP contribution < -0.4 is 0 Å². The summed E-state index contributed by atoms with van der Waals surface area (Å²) in [6.07, 6.45) is 78.7. The first-order valence-electron chi connectivity index (χ1n) is 29.7. The highest BCUT2D eigenvalue weighted by Crippen LogP contribution is 2.15. The van der Waals surface area contributed by atoms with Gasteiger partial charge in [0, 0.05) is 19.3 Å². The van der Waals surface area contributed by atoms with Gasteiger partial charge in [0.1, 0.15) is 13.2 Å². The van der Waals surface area contributed by atoms with Gasteiger partial charge >= 0.3 is 17.9 Å². The Bertz CT molecular complexity index is 1410. The lowest BCUT2D eigenvalue weighted by Gasteiger charge is -2.18. The number of hydrogen-bond acceptors (Lipinski definition) is 6. The Labute approximate surface area is 438 Å². The van der Waals surface area contributed by atoms with Gasteiger partial charge in [-0.2, -0.15) is 0 Å². The summed E-state index contributed by atoms with van der Waals surface area (Å²) in [5, 5.41) is 0. The van der Waals surface area contributed by atoms with Gasteiger partial charge in [-0.05, 0) is 103 Å². The number of hydrogen-bond donors (Lipinski definition) is 0. The van der Waals surface area contributed by atoms with Gasteiger partial charge in [-0.15, -0.1) is 0 Å². The highest BCUT2D eigenvalue weighted by Gasteiger charge is 2.19. The fourth-order valence-electron chi connectivity index (χ4n) is 8.12.